The summed E-state index contributed by atoms with van der Waals surface area (Å²) >= 11 is 0. The molecule has 0 atom stereocenters. The molecule has 6 aromatic rings. The van der Waals surface area contributed by atoms with E-state index in [4.69, 9.17) is 13.3 Å². The fraction of sp³-hybridized carbons (Fsp3) is 0.158. The van der Waals surface area contributed by atoms with Crippen molar-refractivity contribution in [3.8, 4) is 56.4 Å². The van der Waals surface area contributed by atoms with E-state index in [2.05, 4.69) is 161 Å². The minimum absolute atomic E-state index is 0.537. The van der Waals surface area contributed by atoms with E-state index in [9.17, 15) is 0 Å². The van der Waals surface area contributed by atoms with E-state index < -0.39 is 16.6 Å². The molecular formula is C38H38O3Si2. The lowest BCUT2D eigenvalue weighted by molar-refractivity contribution is 0.326. The monoisotopic (exact) mass is 598 g/mol. The Balaban J connectivity index is 1.94. The molecule has 0 N–H and O–H groups in total. The van der Waals surface area contributed by atoms with Gasteiger partial charge in [-0.2, -0.15) is 0 Å². The topological polar surface area (TPSA) is 31.6 Å². The molecule has 0 fully saturated rings. The van der Waals surface area contributed by atoms with Crippen molar-refractivity contribution in [2.45, 2.75) is 39.3 Å². The summed E-state index contributed by atoms with van der Waals surface area (Å²) in [5, 5.41) is 1.92. The summed E-state index contributed by atoms with van der Waals surface area (Å²) in [4.78, 5) is 0. The number of rotatable bonds is 8. The number of hydrogen-bond donors (Lipinski definition) is 0. The zero-order chi connectivity index (χ0) is 30.2. The van der Waals surface area contributed by atoms with Crippen LogP contribution in [0, 0.1) is 0 Å². The molecule has 216 valence electrons. The van der Waals surface area contributed by atoms with Crippen molar-refractivity contribution < 1.29 is 13.3 Å². The molecule has 0 unspecified atom stereocenters. The molecule has 5 aromatic carbocycles. The van der Waals surface area contributed by atoms with E-state index in [1.165, 1.54) is 0 Å². The Kier molecular flexibility index (Phi) is 7.63. The molecule has 0 spiro atoms. The highest BCUT2D eigenvalue weighted by Gasteiger charge is 2.34. The molecule has 0 aliphatic rings. The van der Waals surface area contributed by atoms with E-state index in [0.29, 0.717) is 11.9 Å². The highest BCUT2D eigenvalue weighted by atomic mass is 28.4. The van der Waals surface area contributed by atoms with Gasteiger partial charge in [0.1, 0.15) is 0 Å². The normalized spacial score (nSPS) is 12.0. The van der Waals surface area contributed by atoms with E-state index >= 15 is 0 Å². The second-order valence-corrected chi connectivity index (χ2v) is 21.7. The van der Waals surface area contributed by atoms with E-state index in [1.54, 1.807) is 0 Å². The summed E-state index contributed by atoms with van der Waals surface area (Å²) in [6.45, 7) is 13.1. The van der Waals surface area contributed by atoms with Gasteiger partial charge in [-0.25, -0.2) is 0 Å². The summed E-state index contributed by atoms with van der Waals surface area (Å²) in [6.07, 6.45) is 0. The standard InChI is InChI=1S/C38H38O3Si2/c1-42(2,3)40-37-35-33(29-23-15-9-16-24-29)31(27-19-11-7-12-20-27)32(28-21-13-8-14-22-28)34(30-25-17-10-18-26-30)36(35)38(39-37)41-43(4,5)6/h7-26H,1-6H3. The van der Waals surface area contributed by atoms with Crippen molar-refractivity contribution in [3.63, 3.8) is 0 Å². The van der Waals surface area contributed by atoms with Gasteiger partial charge in [0.2, 0.25) is 16.6 Å². The minimum Gasteiger partial charge on any atom is -0.519 e. The molecule has 0 aliphatic carbocycles. The first-order valence-corrected chi connectivity index (χ1v) is 21.7. The molecule has 3 nitrogen and oxygen atoms in total. The first-order chi connectivity index (χ1) is 20.6. The first kappa shape index (κ1) is 28.8. The van der Waals surface area contributed by atoms with Gasteiger partial charge in [0.15, 0.2) is 0 Å². The zero-order valence-electron chi connectivity index (χ0n) is 25.8. The summed E-state index contributed by atoms with van der Waals surface area (Å²) in [6, 6.07) is 42.6. The van der Waals surface area contributed by atoms with Crippen LogP contribution in [0.5, 0.6) is 11.9 Å². The summed E-state index contributed by atoms with van der Waals surface area (Å²) in [7, 11) is -4.19. The molecule has 0 saturated carbocycles. The molecular weight excluding hydrogens is 561 g/mol. The number of benzene rings is 5. The predicted octanol–water partition coefficient (Wildman–Crippen LogP) is 11.5. The van der Waals surface area contributed by atoms with Crippen LogP contribution in [-0.2, 0) is 0 Å². The third-order valence-corrected chi connectivity index (χ3v) is 8.74. The van der Waals surface area contributed by atoms with Crippen molar-refractivity contribution in [3.05, 3.63) is 121 Å². The van der Waals surface area contributed by atoms with Gasteiger partial charge in [0, 0.05) is 11.1 Å². The van der Waals surface area contributed by atoms with Gasteiger partial charge in [-0.1, -0.05) is 121 Å². The van der Waals surface area contributed by atoms with Crippen LogP contribution in [0.2, 0.25) is 39.3 Å². The lowest BCUT2D eigenvalue weighted by Gasteiger charge is -2.24. The van der Waals surface area contributed by atoms with Crippen LogP contribution < -0.4 is 8.85 Å². The average Bonchev–Trinajstić information content (AvgIpc) is 3.31. The molecule has 0 bridgehead atoms. The Hall–Kier alpha value is -4.33. The molecule has 1 heterocycles. The molecule has 6 rings (SSSR count). The van der Waals surface area contributed by atoms with E-state index in [-0.39, 0.29) is 0 Å². The SMILES string of the molecule is C[Si](C)(C)Oc1oc(O[Si](C)(C)C)c2c(-c3ccccc3)c(-c3ccccc3)c(-c3ccccc3)c(-c3ccccc3)c12. The van der Waals surface area contributed by atoms with Crippen LogP contribution >= 0.6 is 0 Å². The maximum Gasteiger partial charge on any atom is 0.282 e. The van der Waals surface area contributed by atoms with Gasteiger partial charge in [0.25, 0.3) is 11.9 Å². The predicted molar refractivity (Wildman–Crippen MR) is 186 cm³/mol. The van der Waals surface area contributed by atoms with Gasteiger partial charge >= 0.3 is 0 Å². The largest absolute Gasteiger partial charge is 0.519 e. The maximum atomic E-state index is 6.81. The van der Waals surface area contributed by atoms with Gasteiger partial charge in [0.05, 0.1) is 10.8 Å². The van der Waals surface area contributed by atoms with Gasteiger partial charge in [-0.05, 0) is 72.7 Å². The Morgan fingerprint density at radius 3 is 0.884 bits per heavy atom. The highest BCUT2D eigenvalue weighted by Crippen LogP contribution is 2.57. The fourth-order valence-electron chi connectivity index (χ4n) is 5.62. The van der Waals surface area contributed by atoms with Crippen LogP contribution in [0.1, 0.15) is 0 Å². The van der Waals surface area contributed by atoms with E-state index in [1.807, 2.05) is 0 Å². The summed E-state index contributed by atoms with van der Waals surface area (Å²) < 4.78 is 20.4. The van der Waals surface area contributed by atoms with Crippen LogP contribution in [0.3, 0.4) is 0 Å². The van der Waals surface area contributed by atoms with Crippen LogP contribution in [-0.4, -0.2) is 16.6 Å². The van der Waals surface area contributed by atoms with Crippen molar-refractivity contribution in [1.82, 2.24) is 0 Å². The highest BCUT2D eigenvalue weighted by molar-refractivity contribution is 6.71. The van der Waals surface area contributed by atoms with Gasteiger partial charge in [-0.3, -0.25) is 0 Å². The second kappa shape index (κ2) is 11.4. The average molecular weight is 599 g/mol. The maximum absolute atomic E-state index is 6.81. The second-order valence-electron chi connectivity index (χ2n) is 12.8. The number of hydrogen-bond acceptors (Lipinski definition) is 3. The Labute approximate surface area is 257 Å². The van der Waals surface area contributed by atoms with Crippen LogP contribution in [0.15, 0.2) is 126 Å². The van der Waals surface area contributed by atoms with Crippen molar-refractivity contribution in [1.29, 1.82) is 0 Å². The molecule has 5 heteroatoms. The Morgan fingerprint density at radius 2 is 0.628 bits per heavy atom. The van der Waals surface area contributed by atoms with Crippen molar-refractivity contribution >= 4 is 27.4 Å². The summed E-state index contributed by atoms with van der Waals surface area (Å²) in [5.74, 6) is 1.07. The third-order valence-electron chi connectivity index (χ3n) is 7.14. The third kappa shape index (κ3) is 5.96. The van der Waals surface area contributed by atoms with Crippen molar-refractivity contribution in [2.24, 2.45) is 0 Å². The Morgan fingerprint density at radius 1 is 0.372 bits per heavy atom. The lowest BCUT2D eigenvalue weighted by atomic mass is 9.80. The number of furan rings is 1. The van der Waals surface area contributed by atoms with Crippen LogP contribution in [0.4, 0.5) is 0 Å². The molecule has 0 aliphatic heterocycles. The fourth-order valence-corrected chi connectivity index (χ4v) is 7.02. The Bertz CT molecular complexity index is 1710. The minimum atomic E-state index is -2.09. The molecule has 43 heavy (non-hydrogen) atoms. The van der Waals surface area contributed by atoms with E-state index in [0.717, 1.165) is 55.3 Å². The summed E-state index contributed by atoms with van der Waals surface area (Å²) in [5.41, 5.74) is 8.92. The molecule has 0 radical (unpaired) electrons. The first-order valence-electron chi connectivity index (χ1n) is 14.9. The van der Waals surface area contributed by atoms with Gasteiger partial charge < -0.3 is 13.3 Å². The molecule has 1 aromatic heterocycles. The van der Waals surface area contributed by atoms with Gasteiger partial charge in [-0.15, -0.1) is 0 Å². The lowest BCUT2D eigenvalue weighted by Crippen LogP contribution is -2.29. The molecule has 0 amide bonds. The molecule has 0 saturated heterocycles. The van der Waals surface area contributed by atoms with Crippen molar-refractivity contribution in [2.75, 3.05) is 0 Å². The quantitative estimate of drug-likeness (QED) is 0.163. The number of fused-ring (bicyclic) bond motifs is 1. The van der Waals surface area contributed by atoms with Crippen LogP contribution in [0.25, 0.3) is 55.3 Å². The zero-order valence-corrected chi connectivity index (χ0v) is 27.8. The smallest absolute Gasteiger partial charge is 0.282 e.